The van der Waals surface area contributed by atoms with Crippen LogP contribution >= 0.6 is 46.3 Å². The lowest BCUT2D eigenvalue weighted by molar-refractivity contribution is -0.113. The Morgan fingerprint density at radius 1 is 1.19 bits per heavy atom. The molecule has 0 saturated carbocycles. The normalized spacial score (nSPS) is 10.9. The number of nitrogens with zero attached hydrogens (tertiary/aromatic N) is 3. The van der Waals surface area contributed by atoms with E-state index >= 15 is 0 Å². The van der Waals surface area contributed by atoms with Crippen LogP contribution in [-0.2, 0) is 22.5 Å². The molecule has 11 heteroatoms. The molecular weight excluding hydrogens is 479 g/mol. The summed E-state index contributed by atoms with van der Waals surface area (Å²) in [6, 6.07) is 7.01. The first-order chi connectivity index (χ1) is 14.9. The highest BCUT2D eigenvalue weighted by molar-refractivity contribution is 7.99. The smallest absolute Gasteiger partial charge is 0.340 e. The number of anilines is 1. The van der Waals surface area contributed by atoms with Gasteiger partial charge in [0.25, 0.3) is 0 Å². The summed E-state index contributed by atoms with van der Waals surface area (Å²) in [5.74, 6) is 0.0273. The standard InChI is InChI=1S/C20H20Cl2N4O3S2/c1-4-12-9-13(19(28)29-3)18(31-12)23-16(27)10-30-20-25-24-17(26(20)5-2)11-6-7-14(21)15(22)8-11/h6-9H,4-5,10H2,1-3H3,(H,23,27). The van der Waals surface area contributed by atoms with Crippen LogP contribution in [-0.4, -0.2) is 39.5 Å². The van der Waals surface area contributed by atoms with E-state index in [2.05, 4.69) is 15.5 Å². The number of carbonyl (C=O) groups is 2. The predicted octanol–water partition coefficient (Wildman–Crippen LogP) is 5.41. The third kappa shape index (κ3) is 5.41. The molecule has 0 aliphatic carbocycles. The van der Waals surface area contributed by atoms with Crippen LogP contribution < -0.4 is 5.32 Å². The molecule has 0 unspecified atom stereocenters. The van der Waals surface area contributed by atoms with E-state index < -0.39 is 5.97 Å². The zero-order chi connectivity index (χ0) is 22.5. The zero-order valence-corrected chi connectivity index (χ0v) is 20.2. The number of methoxy groups -OCH3 is 1. The van der Waals surface area contributed by atoms with Gasteiger partial charge in [0.2, 0.25) is 5.91 Å². The van der Waals surface area contributed by atoms with E-state index in [1.165, 1.54) is 30.2 Å². The Morgan fingerprint density at radius 3 is 2.61 bits per heavy atom. The van der Waals surface area contributed by atoms with Gasteiger partial charge in [-0.05, 0) is 37.6 Å². The molecule has 0 aliphatic heterocycles. The van der Waals surface area contributed by atoms with E-state index in [-0.39, 0.29) is 11.7 Å². The number of thiophene rings is 1. The molecule has 164 valence electrons. The van der Waals surface area contributed by atoms with Crippen molar-refractivity contribution in [1.82, 2.24) is 14.8 Å². The van der Waals surface area contributed by atoms with Gasteiger partial charge in [0.05, 0.1) is 28.5 Å². The Hall–Kier alpha value is -2.07. The molecule has 2 heterocycles. The number of rotatable bonds is 8. The van der Waals surface area contributed by atoms with Crippen LogP contribution in [0.5, 0.6) is 0 Å². The third-order valence-electron chi connectivity index (χ3n) is 4.33. The Balaban J connectivity index is 1.73. The van der Waals surface area contributed by atoms with Crippen LogP contribution in [0.25, 0.3) is 11.4 Å². The van der Waals surface area contributed by atoms with Gasteiger partial charge in [-0.25, -0.2) is 4.79 Å². The summed E-state index contributed by atoms with van der Waals surface area (Å²) in [6.07, 6.45) is 0.760. The molecule has 1 amide bonds. The van der Waals surface area contributed by atoms with Crippen LogP contribution in [0.15, 0.2) is 29.4 Å². The summed E-state index contributed by atoms with van der Waals surface area (Å²) < 4.78 is 6.71. The summed E-state index contributed by atoms with van der Waals surface area (Å²) in [5, 5.41) is 13.3. The molecule has 3 aromatic rings. The monoisotopic (exact) mass is 498 g/mol. The highest BCUT2D eigenvalue weighted by Gasteiger charge is 2.19. The molecule has 31 heavy (non-hydrogen) atoms. The highest BCUT2D eigenvalue weighted by atomic mass is 35.5. The fourth-order valence-electron chi connectivity index (χ4n) is 2.79. The van der Waals surface area contributed by atoms with E-state index in [1.54, 1.807) is 18.2 Å². The van der Waals surface area contributed by atoms with Gasteiger partial charge in [0.1, 0.15) is 5.00 Å². The van der Waals surface area contributed by atoms with Gasteiger partial charge in [0.15, 0.2) is 11.0 Å². The third-order valence-corrected chi connectivity index (χ3v) is 7.23. The fourth-order valence-corrected chi connectivity index (χ4v) is 4.89. The number of thioether (sulfide) groups is 1. The Kier molecular flexibility index (Phi) is 7.99. The maximum absolute atomic E-state index is 12.5. The molecule has 0 bridgehead atoms. The molecular formula is C20H20Cl2N4O3S2. The number of ether oxygens (including phenoxy) is 1. The molecule has 0 saturated heterocycles. The molecule has 1 N–H and O–H groups in total. The average molecular weight is 499 g/mol. The van der Waals surface area contributed by atoms with Gasteiger partial charge < -0.3 is 14.6 Å². The van der Waals surface area contributed by atoms with Crippen molar-refractivity contribution in [2.24, 2.45) is 0 Å². The summed E-state index contributed by atoms with van der Waals surface area (Å²) in [6.45, 7) is 4.57. The van der Waals surface area contributed by atoms with E-state index in [4.69, 9.17) is 27.9 Å². The van der Waals surface area contributed by atoms with Gasteiger partial charge in [-0.15, -0.1) is 21.5 Å². The van der Waals surface area contributed by atoms with E-state index in [0.29, 0.717) is 38.1 Å². The lowest BCUT2D eigenvalue weighted by atomic mass is 10.2. The van der Waals surface area contributed by atoms with Gasteiger partial charge in [-0.3, -0.25) is 4.79 Å². The molecule has 0 fully saturated rings. The van der Waals surface area contributed by atoms with Gasteiger partial charge >= 0.3 is 5.97 Å². The second-order valence-corrected chi connectivity index (χ2v) is 9.21. The fraction of sp³-hybridized carbons (Fsp3) is 0.300. The van der Waals surface area contributed by atoms with Crippen LogP contribution in [0.4, 0.5) is 5.00 Å². The number of nitrogens with one attached hydrogen (secondary N) is 1. The molecule has 0 radical (unpaired) electrons. The topological polar surface area (TPSA) is 86.1 Å². The number of amides is 1. The summed E-state index contributed by atoms with van der Waals surface area (Å²) in [4.78, 5) is 25.5. The number of hydrogen-bond donors (Lipinski definition) is 1. The number of halogens is 2. The highest BCUT2D eigenvalue weighted by Crippen LogP contribution is 2.31. The Labute approximate surface area is 198 Å². The second-order valence-electron chi connectivity index (χ2n) is 6.32. The lowest BCUT2D eigenvalue weighted by Crippen LogP contribution is -2.16. The second kappa shape index (κ2) is 10.5. The van der Waals surface area contributed by atoms with E-state index in [0.717, 1.165) is 16.9 Å². The van der Waals surface area contributed by atoms with Crippen LogP contribution in [0.3, 0.4) is 0 Å². The molecule has 1 aromatic carbocycles. The van der Waals surface area contributed by atoms with Gasteiger partial charge in [0, 0.05) is 17.0 Å². The van der Waals surface area contributed by atoms with Crippen molar-refractivity contribution >= 4 is 63.2 Å². The van der Waals surface area contributed by atoms with Crippen molar-refractivity contribution < 1.29 is 14.3 Å². The van der Waals surface area contributed by atoms with Crippen molar-refractivity contribution in [1.29, 1.82) is 0 Å². The Bertz CT molecular complexity index is 1110. The largest absolute Gasteiger partial charge is 0.465 e. The molecule has 2 aromatic heterocycles. The average Bonchev–Trinajstić information content (AvgIpc) is 3.37. The number of aromatic nitrogens is 3. The molecule has 0 atom stereocenters. The number of hydrogen-bond acceptors (Lipinski definition) is 7. The van der Waals surface area contributed by atoms with Crippen LogP contribution in [0.2, 0.25) is 10.0 Å². The lowest BCUT2D eigenvalue weighted by Gasteiger charge is -2.08. The number of benzene rings is 1. The van der Waals surface area contributed by atoms with Crippen molar-refractivity contribution in [2.45, 2.75) is 32.0 Å². The van der Waals surface area contributed by atoms with Crippen molar-refractivity contribution in [3.63, 3.8) is 0 Å². The first kappa shape index (κ1) is 23.6. The minimum atomic E-state index is -0.476. The summed E-state index contributed by atoms with van der Waals surface area (Å²) >= 11 is 14.7. The zero-order valence-electron chi connectivity index (χ0n) is 17.1. The SMILES string of the molecule is CCc1cc(C(=O)OC)c(NC(=O)CSc2nnc(-c3ccc(Cl)c(Cl)c3)n2CC)s1. The maximum atomic E-state index is 12.5. The predicted molar refractivity (Wildman–Crippen MR) is 126 cm³/mol. The summed E-state index contributed by atoms with van der Waals surface area (Å²) in [7, 11) is 1.32. The number of aryl methyl sites for hydroxylation is 1. The van der Waals surface area contributed by atoms with Crippen molar-refractivity contribution in [2.75, 3.05) is 18.2 Å². The quantitative estimate of drug-likeness (QED) is 0.329. The number of esters is 1. The van der Waals surface area contributed by atoms with Gasteiger partial charge in [-0.1, -0.05) is 41.9 Å². The molecule has 0 aliphatic rings. The first-order valence-electron chi connectivity index (χ1n) is 9.40. The molecule has 0 spiro atoms. The minimum absolute atomic E-state index is 0.111. The minimum Gasteiger partial charge on any atom is -0.465 e. The van der Waals surface area contributed by atoms with Crippen LogP contribution in [0, 0.1) is 0 Å². The van der Waals surface area contributed by atoms with Gasteiger partial charge in [-0.2, -0.15) is 0 Å². The van der Waals surface area contributed by atoms with E-state index in [1.807, 2.05) is 24.5 Å². The number of carbonyl (C=O) groups excluding carboxylic acids is 2. The summed E-state index contributed by atoms with van der Waals surface area (Å²) in [5.41, 5.74) is 1.15. The first-order valence-corrected chi connectivity index (χ1v) is 12.0. The van der Waals surface area contributed by atoms with Crippen molar-refractivity contribution in [3.8, 4) is 11.4 Å². The molecule has 3 rings (SSSR count). The van der Waals surface area contributed by atoms with Crippen LogP contribution in [0.1, 0.15) is 29.1 Å². The Morgan fingerprint density at radius 2 is 1.97 bits per heavy atom. The maximum Gasteiger partial charge on any atom is 0.340 e. The molecule has 7 nitrogen and oxygen atoms in total. The van der Waals surface area contributed by atoms with Crippen molar-refractivity contribution in [3.05, 3.63) is 44.8 Å². The van der Waals surface area contributed by atoms with E-state index in [9.17, 15) is 9.59 Å².